The van der Waals surface area contributed by atoms with Gasteiger partial charge in [-0.3, -0.25) is 4.79 Å². The molecule has 12 heteroatoms. The second-order valence-corrected chi connectivity index (χ2v) is 14.8. The summed E-state index contributed by atoms with van der Waals surface area (Å²) in [6.07, 6.45) is 11.8. The maximum atomic E-state index is 14.3. The Kier molecular flexibility index (Phi) is 15.4. The molecule has 286 valence electrons. The highest BCUT2D eigenvalue weighted by Gasteiger charge is 2.34. The van der Waals surface area contributed by atoms with Crippen molar-refractivity contribution in [1.82, 2.24) is 0 Å². The maximum Gasteiger partial charge on any atom is 0.338 e. The van der Waals surface area contributed by atoms with Crippen LogP contribution in [0.15, 0.2) is 74.9 Å². The van der Waals surface area contributed by atoms with Crippen molar-refractivity contribution in [3.8, 4) is 5.75 Å². The van der Waals surface area contributed by atoms with E-state index in [1.165, 1.54) is 63.0 Å². The summed E-state index contributed by atoms with van der Waals surface area (Å²) in [6.45, 7) is 10.00. The number of fused-ring (bicyclic) bond motifs is 1. The number of carbonyl (C=O) groups is 2. The third kappa shape index (κ3) is 10.9. The van der Waals surface area contributed by atoms with E-state index < -0.39 is 21.9 Å². The molecule has 0 spiro atoms. The van der Waals surface area contributed by atoms with Gasteiger partial charge >= 0.3 is 5.97 Å². The molecule has 1 N–H and O–H groups in total. The number of hydrogen-bond donors (Lipinski definition) is 1. The number of benzene rings is 3. The van der Waals surface area contributed by atoms with Crippen LogP contribution in [0, 0.1) is 6.92 Å². The van der Waals surface area contributed by atoms with Gasteiger partial charge < -0.3 is 24.6 Å². The number of amides is 1. The van der Waals surface area contributed by atoms with Crippen molar-refractivity contribution < 1.29 is 27.5 Å². The number of methoxy groups -OCH3 is 1. The van der Waals surface area contributed by atoms with E-state index in [0.29, 0.717) is 35.0 Å². The molecule has 0 bridgehead atoms. The molecule has 1 amide bonds. The smallest absolute Gasteiger partial charge is 0.338 e. The Hall–Kier alpha value is -4.71. The first-order valence-electron chi connectivity index (χ1n) is 18.8. The van der Waals surface area contributed by atoms with E-state index >= 15 is 0 Å². The number of rotatable bonds is 20. The Morgan fingerprint density at radius 1 is 0.868 bits per heavy atom. The highest BCUT2D eigenvalue weighted by Crippen LogP contribution is 2.35. The lowest BCUT2D eigenvalue weighted by atomic mass is 10.1. The summed E-state index contributed by atoms with van der Waals surface area (Å²) in [6, 6.07) is 16.8. The first-order valence-corrected chi connectivity index (χ1v) is 20.3. The molecule has 0 unspecified atom stereocenters. The van der Waals surface area contributed by atoms with Gasteiger partial charge in [0.25, 0.3) is 15.9 Å². The zero-order valence-electron chi connectivity index (χ0n) is 32.1. The summed E-state index contributed by atoms with van der Waals surface area (Å²) in [5.41, 5.74) is 2.63. The van der Waals surface area contributed by atoms with E-state index in [1.54, 1.807) is 56.4 Å². The summed E-state index contributed by atoms with van der Waals surface area (Å²) in [5.74, 6) is -0.979. The monoisotopic (exact) mass is 745 g/mol. The summed E-state index contributed by atoms with van der Waals surface area (Å²) in [4.78, 5) is 35.7. The molecule has 0 radical (unpaired) electrons. The minimum atomic E-state index is -4.17. The van der Waals surface area contributed by atoms with E-state index in [9.17, 15) is 18.0 Å². The molecule has 11 nitrogen and oxygen atoms in total. The van der Waals surface area contributed by atoms with Crippen LogP contribution < -0.4 is 19.9 Å². The number of nitrogens with one attached hydrogen (secondary N) is 1. The van der Waals surface area contributed by atoms with E-state index in [2.05, 4.69) is 35.4 Å². The predicted octanol–water partition coefficient (Wildman–Crippen LogP) is 8.88. The van der Waals surface area contributed by atoms with Crippen molar-refractivity contribution in [2.24, 2.45) is 9.39 Å². The van der Waals surface area contributed by atoms with Crippen LogP contribution in [0.1, 0.15) is 101 Å². The van der Waals surface area contributed by atoms with Gasteiger partial charge in [-0.1, -0.05) is 82.9 Å². The summed E-state index contributed by atoms with van der Waals surface area (Å²) in [7, 11) is -1.03. The lowest BCUT2D eigenvalue weighted by molar-refractivity contribution is -0.110. The van der Waals surface area contributed by atoms with Crippen LogP contribution in [0.2, 0.25) is 0 Å². The zero-order chi connectivity index (χ0) is 38.4. The number of aryl methyl sites for hydroxylation is 1. The Labute approximate surface area is 315 Å². The van der Waals surface area contributed by atoms with Crippen LogP contribution in [0.3, 0.4) is 0 Å². The minimum absolute atomic E-state index is 0.0204. The molecular weight excluding hydrogens is 691 g/mol. The van der Waals surface area contributed by atoms with Gasteiger partial charge in [0.15, 0.2) is 11.5 Å². The molecule has 0 saturated heterocycles. The topological polar surface area (TPSA) is 130 Å². The van der Waals surface area contributed by atoms with Gasteiger partial charge in [-0.15, -0.1) is 4.40 Å². The average molecular weight is 746 g/mol. The lowest BCUT2D eigenvalue weighted by Crippen LogP contribution is -2.43. The van der Waals surface area contributed by atoms with Gasteiger partial charge in [-0.25, -0.2) is 9.79 Å². The molecule has 3 aromatic carbocycles. The molecule has 0 saturated carbocycles. The summed E-state index contributed by atoms with van der Waals surface area (Å²) in [5, 5.41) is 2.86. The minimum Gasteiger partial charge on any atom is -0.494 e. The molecule has 1 aliphatic heterocycles. The SMILES string of the molecule is CCCCCCCCCCCCOC(=O)c1ccc(C)c(NC(=O)/C(=N\c2ccc(N(CC)CC)cc2OC)C2=NS(=O)(=O)c3ccccc3N2C)c1. The number of esters is 1. The lowest BCUT2D eigenvalue weighted by Gasteiger charge is -2.27. The average Bonchev–Trinajstić information content (AvgIpc) is 3.16. The number of ether oxygens (including phenoxy) is 2. The van der Waals surface area contributed by atoms with Crippen LogP contribution in [0.4, 0.5) is 22.7 Å². The maximum absolute atomic E-state index is 14.3. The standard InChI is InChI=1S/C41H55N5O6S/c1-7-10-11-12-13-14-15-16-17-20-27-52-41(48)31-24-23-30(4)34(28-31)43-40(47)38(39-44-53(49,50)37-22-19-18-21-35(37)45(39)5)42-33-26-25-32(29-36(33)51-6)46(8-2)9-3/h18-19,21-26,28-29H,7-17,20,27H2,1-6H3,(H,43,47)/b42-38-. The van der Waals surface area contributed by atoms with Gasteiger partial charge in [0, 0.05) is 37.6 Å². The number of unbranched alkanes of at least 4 members (excludes halogenated alkanes) is 9. The quantitative estimate of drug-likeness (QED) is 0.0690. The summed E-state index contributed by atoms with van der Waals surface area (Å²) < 4.78 is 42.1. The Morgan fingerprint density at radius 2 is 1.53 bits per heavy atom. The zero-order valence-corrected chi connectivity index (χ0v) is 32.9. The first-order chi connectivity index (χ1) is 25.5. The number of hydrogen-bond acceptors (Lipinski definition) is 9. The number of sulfonamides is 1. The van der Waals surface area contributed by atoms with Gasteiger partial charge in [-0.2, -0.15) is 8.42 Å². The van der Waals surface area contributed by atoms with Crippen molar-refractivity contribution >= 4 is 56.2 Å². The molecule has 0 aliphatic carbocycles. The van der Waals surface area contributed by atoms with E-state index in [0.717, 1.165) is 38.0 Å². The van der Waals surface area contributed by atoms with Gasteiger partial charge in [0.1, 0.15) is 16.3 Å². The predicted molar refractivity (Wildman–Crippen MR) is 215 cm³/mol. The molecule has 4 rings (SSSR count). The third-order valence-electron chi connectivity index (χ3n) is 9.43. The van der Waals surface area contributed by atoms with Crippen LogP contribution in [0.25, 0.3) is 0 Å². The van der Waals surface area contributed by atoms with Gasteiger partial charge in [-0.05, 0) is 69.2 Å². The second kappa shape index (κ2) is 19.9. The number of para-hydroxylation sites is 1. The van der Waals surface area contributed by atoms with Crippen molar-refractivity contribution in [3.63, 3.8) is 0 Å². The van der Waals surface area contributed by atoms with E-state index in [1.807, 2.05) is 12.1 Å². The molecule has 0 aromatic heterocycles. The Morgan fingerprint density at radius 3 is 2.19 bits per heavy atom. The fourth-order valence-electron chi connectivity index (χ4n) is 6.26. The fraction of sp³-hybridized carbons (Fsp3) is 0.463. The molecule has 1 heterocycles. The van der Waals surface area contributed by atoms with Gasteiger partial charge in [0.2, 0.25) is 0 Å². The molecular formula is C41H55N5O6S. The fourth-order valence-corrected chi connectivity index (χ4v) is 7.52. The Bertz CT molecular complexity index is 1890. The highest BCUT2D eigenvalue weighted by atomic mass is 32.2. The van der Waals surface area contributed by atoms with E-state index in [-0.39, 0.29) is 22.0 Å². The number of amidine groups is 1. The largest absolute Gasteiger partial charge is 0.494 e. The third-order valence-corrected chi connectivity index (χ3v) is 10.7. The number of carbonyl (C=O) groups excluding carboxylic acids is 2. The number of aliphatic imine (C=N–C) groups is 1. The van der Waals surface area contributed by atoms with Crippen LogP contribution >= 0.6 is 0 Å². The van der Waals surface area contributed by atoms with Crippen molar-refractivity contribution in [2.45, 2.75) is 96.8 Å². The van der Waals surface area contributed by atoms with Crippen LogP contribution in [-0.2, 0) is 19.6 Å². The normalized spacial score (nSPS) is 13.6. The van der Waals surface area contributed by atoms with Crippen molar-refractivity contribution in [3.05, 3.63) is 71.8 Å². The summed E-state index contributed by atoms with van der Waals surface area (Å²) >= 11 is 0. The van der Waals surface area contributed by atoms with Crippen molar-refractivity contribution in [1.29, 1.82) is 0 Å². The Balaban J connectivity index is 1.56. The van der Waals surface area contributed by atoms with Crippen LogP contribution in [0.5, 0.6) is 5.75 Å². The van der Waals surface area contributed by atoms with Crippen molar-refractivity contribution in [2.75, 3.05) is 49.0 Å². The van der Waals surface area contributed by atoms with Crippen LogP contribution in [-0.4, -0.2) is 65.7 Å². The first kappa shape index (κ1) is 41.1. The molecule has 1 aliphatic rings. The molecule has 0 fully saturated rings. The van der Waals surface area contributed by atoms with E-state index in [4.69, 9.17) is 14.5 Å². The van der Waals surface area contributed by atoms with Gasteiger partial charge in [0.05, 0.1) is 25.0 Å². The highest BCUT2D eigenvalue weighted by molar-refractivity contribution is 7.90. The second-order valence-electron chi connectivity index (χ2n) is 13.2. The molecule has 3 aromatic rings. The molecule has 0 atom stereocenters. The number of nitrogens with zero attached hydrogens (tertiary/aromatic N) is 4. The number of anilines is 3. The molecule has 53 heavy (non-hydrogen) atoms.